The van der Waals surface area contributed by atoms with Crippen molar-refractivity contribution in [2.24, 2.45) is 0 Å². The third kappa shape index (κ3) is 4.98. The van der Waals surface area contributed by atoms with Crippen molar-refractivity contribution in [3.8, 4) is 11.3 Å². The lowest BCUT2D eigenvalue weighted by Crippen LogP contribution is -2.23. The molecule has 0 unspecified atom stereocenters. The van der Waals surface area contributed by atoms with E-state index in [1.165, 1.54) is 0 Å². The van der Waals surface area contributed by atoms with Crippen molar-refractivity contribution >= 4 is 11.7 Å². The van der Waals surface area contributed by atoms with E-state index >= 15 is 0 Å². The van der Waals surface area contributed by atoms with Crippen LogP contribution in [0.1, 0.15) is 21.5 Å². The summed E-state index contributed by atoms with van der Waals surface area (Å²) >= 11 is 0. The van der Waals surface area contributed by atoms with E-state index in [4.69, 9.17) is 5.10 Å². The maximum Gasteiger partial charge on any atom is 0.255 e. The number of amides is 1. The molecule has 0 aliphatic heterocycles. The van der Waals surface area contributed by atoms with Crippen LogP contribution in [0.3, 0.4) is 0 Å². The Morgan fingerprint density at radius 1 is 0.968 bits per heavy atom. The van der Waals surface area contributed by atoms with Crippen molar-refractivity contribution in [3.63, 3.8) is 0 Å². The summed E-state index contributed by atoms with van der Waals surface area (Å²) in [6.07, 6.45) is 3.58. The molecule has 0 saturated heterocycles. The standard InChI is InChI=1S/C25H25N5O/c1-29(2)23-15-20(13-14-26-23)16-27-25(31)22-18-30(17-19-9-5-3-6-10-19)28-24(22)21-11-7-4-8-12-21/h3-15,18H,16-17H2,1-2H3,(H,27,31). The minimum absolute atomic E-state index is 0.151. The Balaban J connectivity index is 1.58. The molecule has 2 heterocycles. The number of benzene rings is 2. The van der Waals surface area contributed by atoms with Gasteiger partial charge in [0, 0.05) is 38.6 Å². The summed E-state index contributed by atoms with van der Waals surface area (Å²) in [6, 6.07) is 23.8. The van der Waals surface area contributed by atoms with Crippen LogP contribution in [0.4, 0.5) is 5.82 Å². The second kappa shape index (κ2) is 9.26. The molecule has 6 heteroatoms. The average Bonchev–Trinajstić information content (AvgIpc) is 3.23. The number of carbonyl (C=O) groups excluding carboxylic acids is 1. The highest BCUT2D eigenvalue weighted by Gasteiger charge is 2.18. The molecule has 2 aromatic heterocycles. The van der Waals surface area contributed by atoms with Gasteiger partial charge in [-0.15, -0.1) is 0 Å². The second-order valence-corrected chi connectivity index (χ2v) is 7.54. The molecule has 0 spiro atoms. The first-order valence-corrected chi connectivity index (χ1v) is 10.2. The van der Waals surface area contributed by atoms with Crippen LogP contribution < -0.4 is 10.2 Å². The maximum atomic E-state index is 13.1. The van der Waals surface area contributed by atoms with Gasteiger partial charge in [0.25, 0.3) is 5.91 Å². The van der Waals surface area contributed by atoms with Crippen LogP contribution in [0.2, 0.25) is 0 Å². The van der Waals surface area contributed by atoms with Crippen LogP contribution in [0.5, 0.6) is 0 Å². The molecule has 0 atom stereocenters. The summed E-state index contributed by atoms with van der Waals surface area (Å²) in [5.41, 5.74) is 4.27. The third-order valence-electron chi connectivity index (χ3n) is 4.96. The van der Waals surface area contributed by atoms with E-state index in [0.717, 1.165) is 22.5 Å². The van der Waals surface area contributed by atoms with E-state index in [0.29, 0.717) is 24.3 Å². The first-order valence-electron chi connectivity index (χ1n) is 10.2. The molecule has 2 aromatic carbocycles. The highest BCUT2D eigenvalue weighted by molar-refractivity contribution is 5.99. The molecule has 4 aromatic rings. The minimum Gasteiger partial charge on any atom is -0.363 e. The van der Waals surface area contributed by atoms with Crippen LogP contribution in [-0.4, -0.2) is 34.8 Å². The molecule has 1 N–H and O–H groups in total. The van der Waals surface area contributed by atoms with Crippen molar-refractivity contribution in [3.05, 3.63) is 102 Å². The van der Waals surface area contributed by atoms with Crippen LogP contribution in [0.15, 0.2) is 85.2 Å². The monoisotopic (exact) mass is 411 g/mol. The number of nitrogens with zero attached hydrogens (tertiary/aromatic N) is 4. The largest absolute Gasteiger partial charge is 0.363 e. The van der Waals surface area contributed by atoms with E-state index in [1.54, 1.807) is 6.20 Å². The molecule has 31 heavy (non-hydrogen) atoms. The van der Waals surface area contributed by atoms with Crippen molar-refractivity contribution in [2.45, 2.75) is 13.1 Å². The molecule has 6 nitrogen and oxygen atoms in total. The fourth-order valence-electron chi connectivity index (χ4n) is 3.34. The quantitative estimate of drug-likeness (QED) is 0.500. The van der Waals surface area contributed by atoms with Gasteiger partial charge in [-0.1, -0.05) is 60.7 Å². The fourth-order valence-corrected chi connectivity index (χ4v) is 3.34. The number of nitrogens with one attached hydrogen (secondary N) is 1. The molecular weight excluding hydrogens is 386 g/mol. The molecule has 0 fully saturated rings. The Morgan fingerprint density at radius 2 is 1.68 bits per heavy atom. The zero-order chi connectivity index (χ0) is 21.6. The van der Waals surface area contributed by atoms with Crippen LogP contribution >= 0.6 is 0 Å². The lowest BCUT2D eigenvalue weighted by atomic mass is 10.1. The first kappa shape index (κ1) is 20.3. The number of aromatic nitrogens is 3. The highest BCUT2D eigenvalue weighted by atomic mass is 16.1. The molecule has 0 radical (unpaired) electrons. The smallest absolute Gasteiger partial charge is 0.255 e. The van der Waals surface area contributed by atoms with Crippen LogP contribution in [0, 0.1) is 0 Å². The summed E-state index contributed by atoms with van der Waals surface area (Å²) in [5.74, 6) is 0.703. The van der Waals surface area contributed by atoms with Crippen molar-refractivity contribution in [1.29, 1.82) is 0 Å². The first-order chi connectivity index (χ1) is 15.1. The van der Waals surface area contributed by atoms with Gasteiger partial charge in [-0.2, -0.15) is 5.10 Å². The summed E-state index contributed by atoms with van der Waals surface area (Å²) in [6.45, 7) is 1.02. The van der Waals surface area contributed by atoms with Gasteiger partial charge in [-0.3, -0.25) is 9.48 Å². The Morgan fingerprint density at radius 3 is 2.39 bits per heavy atom. The fraction of sp³-hybridized carbons (Fsp3) is 0.160. The zero-order valence-corrected chi connectivity index (χ0v) is 17.7. The number of rotatable bonds is 7. The van der Waals surface area contributed by atoms with Gasteiger partial charge in [0.1, 0.15) is 11.5 Å². The average molecular weight is 412 g/mol. The molecule has 0 aliphatic carbocycles. The van der Waals surface area contributed by atoms with Crippen molar-refractivity contribution < 1.29 is 4.79 Å². The molecule has 156 valence electrons. The van der Waals surface area contributed by atoms with E-state index in [-0.39, 0.29) is 5.91 Å². The van der Waals surface area contributed by atoms with E-state index in [2.05, 4.69) is 22.4 Å². The Bertz CT molecular complexity index is 1150. The van der Waals surface area contributed by atoms with Gasteiger partial charge >= 0.3 is 0 Å². The van der Waals surface area contributed by atoms with Gasteiger partial charge in [-0.25, -0.2) is 4.98 Å². The zero-order valence-electron chi connectivity index (χ0n) is 17.7. The maximum absolute atomic E-state index is 13.1. The number of anilines is 1. The van der Waals surface area contributed by atoms with Gasteiger partial charge in [-0.05, 0) is 23.3 Å². The highest BCUT2D eigenvalue weighted by Crippen LogP contribution is 2.22. The molecule has 1 amide bonds. The van der Waals surface area contributed by atoms with E-state index < -0.39 is 0 Å². The van der Waals surface area contributed by atoms with Crippen molar-refractivity contribution in [2.75, 3.05) is 19.0 Å². The number of carbonyl (C=O) groups is 1. The summed E-state index contributed by atoms with van der Waals surface area (Å²) in [4.78, 5) is 19.4. The van der Waals surface area contributed by atoms with Gasteiger partial charge in [0.15, 0.2) is 0 Å². The number of hydrogen-bond donors (Lipinski definition) is 1. The van der Waals surface area contributed by atoms with Gasteiger partial charge < -0.3 is 10.2 Å². The SMILES string of the molecule is CN(C)c1cc(CNC(=O)c2cn(Cc3ccccc3)nc2-c2ccccc2)ccn1. The lowest BCUT2D eigenvalue weighted by Gasteiger charge is -2.12. The molecule has 0 bridgehead atoms. The summed E-state index contributed by atoms with van der Waals surface area (Å²) < 4.78 is 1.82. The Kier molecular flexibility index (Phi) is 6.08. The molecule has 0 aliphatic rings. The van der Waals surface area contributed by atoms with Gasteiger partial charge in [0.2, 0.25) is 0 Å². The second-order valence-electron chi connectivity index (χ2n) is 7.54. The van der Waals surface area contributed by atoms with Crippen LogP contribution in [-0.2, 0) is 13.1 Å². The lowest BCUT2D eigenvalue weighted by molar-refractivity contribution is 0.0951. The Labute approximate surface area is 182 Å². The number of hydrogen-bond acceptors (Lipinski definition) is 4. The molecule has 0 saturated carbocycles. The topological polar surface area (TPSA) is 63.1 Å². The minimum atomic E-state index is -0.151. The molecular formula is C25H25N5O. The summed E-state index contributed by atoms with van der Waals surface area (Å²) in [5, 5.41) is 7.76. The Hall–Kier alpha value is -3.93. The van der Waals surface area contributed by atoms with E-state index in [9.17, 15) is 4.79 Å². The molecule has 4 rings (SSSR count). The normalized spacial score (nSPS) is 10.6. The van der Waals surface area contributed by atoms with Gasteiger partial charge in [0.05, 0.1) is 12.1 Å². The number of pyridine rings is 1. The van der Waals surface area contributed by atoms with Crippen molar-refractivity contribution in [1.82, 2.24) is 20.1 Å². The predicted octanol–water partition coefficient (Wildman–Crippen LogP) is 3.99. The third-order valence-corrected chi connectivity index (χ3v) is 4.96. The van der Waals surface area contributed by atoms with Crippen LogP contribution in [0.25, 0.3) is 11.3 Å². The predicted molar refractivity (Wildman–Crippen MR) is 123 cm³/mol. The summed E-state index contributed by atoms with van der Waals surface area (Å²) in [7, 11) is 3.88. The van der Waals surface area contributed by atoms with E-state index in [1.807, 2.05) is 90.5 Å².